The fraction of sp³-hybridized carbons (Fsp3) is 0.417. The maximum atomic E-state index is 13.4. The van der Waals surface area contributed by atoms with Gasteiger partial charge in [-0.2, -0.15) is 0 Å². The zero-order valence-corrected chi connectivity index (χ0v) is 19.9. The fourth-order valence-electron chi connectivity index (χ4n) is 4.11. The highest BCUT2D eigenvalue weighted by molar-refractivity contribution is 6.36. The summed E-state index contributed by atoms with van der Waals surface area (Å²) < 4.78 is 0. The van der Waals surface area contributed by atoms with Crippen LogP contribution in [0.5, 0.6) is 0 Å². The van der Waals surface area contributed by atoms with Crippen LogP contribution < -0.4 is 5.32 Å². The summed E-state index contributed by atoms with van der Waals surface area (Å²) in [5.74, 6) is -0.687. The average Bonchev–Trinajstić information content (AvgIpc) is 2.79. The standard InChI is InChI=1S/C24H27Cl2N3O4/c1-16(24(31)27-18-9-3-2-4-10-18)28(15-19-20(25)11-7-12-21(19)26)23(30)14-17-8-5-6-13-22(17)29(32)33/h5-8,11-13,16,18H,2-4,9-10,14-15H2,1H3,(H,27,31). The first-order valence-corrected chi connectivity index (χ1v) is 11.8. The summed E-state index contributed by atoms with van der Waals surface area (Å²) in [6.07, 6.45) is 4.90. The molecule has 1 aliphatic carbocycles. The van der Waals surface area contributed by atoms with Gasteiger partial charge in [-0.3, -0.25) is 19.7 Å². The number of hydrogen-bond acceptors (Lipinski definition) is 4. The van der Waals surface area contributed by atoms with Crippen LogP contribution in [0.3, 0.4) is 0 Å². The van der Waals surface area contributed by atoms with Gasteiger partial charge in [0.15, 0.2) is 0 Å². The first-order chi connectivity index (χ1) is 15.8. The van der Waals surface area contributed by atoms with E-state index in [1.165, 1.54) is 11.0 Å². The van der Waals surface area contributed by atoms with Crippen LogP contribution in [0.15, 0.2) is 42.5 Å². The fourth-order valence-corrected chi connectivity index (χ4v) is 4.62. The monoisotopic (exact) mass is 491 g/mol. The Morgan fingerprint density at radius 3 is 2.36 bits per heavy atom. The number of hydrogen-bond donors (Lipinski definition) is 1. The Labute approximate surface area is 203 Å². The largest absolute Gasteiger partial charge is 0.352 e. The Balaban J connectivity index is 1.86. The number of nitro benzene ring substituents is 1. The van der Waals surface area contributed by atoms with Crippen LogP contribution in [0, 0.1) is 10.1 Å². The van der Waals surface area contributed by atoms with Crippen molar-refractivity contribution in [1.82, 2.24) is 10.2 Å². The molecule has 0 saturated heterocycles. The van der Waals surface area contributed by atoms with Gasteiger partial charge >= 0.3 is 0 Å². The summed E-state index contributed by atoms with van der Waals surface area (Å²) in [5.41, 5.74) is 0.664. The van der Waals surface area contributed by atoms with Crippen LogP contribution in [0.2, 0.25) is 10.0 Å². The zero-order chi connectivity index (χ0) is 24.0. The van der Waals surface area contributed by atoms with Gasteiger partial charge in [0.1, 0.15) is 6.04 Å². The third-order valence-corrected chi connectivity index (χ3v) is 6.75. The van der Waals surface area contributed by atoms with E-state index in [-0.39, 0.29) is 36.2 Å². The second-order valence-electron chi connectivity index (χ2n) is 8.30. The van der Waals surface area contributed by atoms with E-state index in [1.54, 1.807) is 43.3 Å². The lowest BCUT2D eigenvalue weighted by molar-refractivity contribution is -0.385. The molecule has 1 N–H and O–H groups in total. The number of nitrogens with one attached hydrogen (secondary N) is 1. The lowest BCUT2D eigenvalue weighted by Crippen LogP contribution is -2.50. The van der Waals surface area contributed by atoms with E-state index < -0.39 is 16.9 Å². The summed E-state index contributed by atoms with van der Waals surface area (Å²) in [5, 5.41) is 15.2. The number of nitro groups is 1. The lowest BCUT2D eigenvalue weighted by atomic mass is 9.95. The molecule has 1 atom stereocenters. The van der Waals surface area contributed by atoms with Crippen LogP contribution in [-0.2, 0) is 22.6 Å². The predicted molar refractivity (Wildman–Crippen MR) is 128 cm³/mol. The molecule has 1 aliphatic rings. The minimum Gasteiger partial charge on any atom is -0.352 e. The van der Waals surface area contributed by atoms with Crippen molar-refractivity contribution in [2.75, 3.05) is 0 Å². The van der Waals surface area contributed by atoms with E-state index in [9.17, 15) is 19.7 Å². The minimum atomic E-state index is -0.811. The molecule has 9 heteroatoms. The van der Waals surface area contributed by atoms with E-state index >= 15 is 0 Å². The van der Waals surface area contributed by atoms with Crippen molar-refractivity contribution in [3.05, 3.63) is 73.8 Å². The molecule has 1 unspecified atom stereocenters. The average molecular weight is 492 g/mol. The zero-order valence-electron chi connectivity index (χ0n) is 18.4. The third kappa shape index (κ3) is 6.45. The van der Waals surface area contributed by atoms with Gasteiger partial charge in [0.2, 0.25) is 11.8 Å². The number of carbonyl (C=O) groups is 2. The van der Waals surface area contributed by atoms with E-state index in [1.807, 2.05) is 0 Å². The number of carbonyl (C=O) groups excluding carboxylic acids is 2. The number of halogens is 2. The highest BCUT2D eigenvalue weighted by atomic mass is 35.5. The number of benzene rings is 2. The molecule has 2 amide bonds. The van der Waals surface area contributed by atoms with Gasteiger partial charge in [0.05, 0.1) is 11.3 Å². The molecule has 7 nitrogen and oxygen atoms in total. The molecule has 176 valence electrons. The Morgan fingerprint density at radius 2 is 1.73 bits per heavy atom. The molecule has 0 radical (unpaired) electrons. The second kappa shape index (κ2) is 11.5. The Hall–Kier alpha value is -2.64. The van der Waals surface area contributed by atoms with Crippen molar-refractivity contribution in [3.63, 3.8) is 0 Å². The second-order valence-corrected chi connectivity index (χ2v) is 9.12. The number of nitrogens with zero attached hydrogens (tertiary/aromatic N) is 2. The Bertz CT molecular complexity index is 1000. The quantitative estimate of drug-likeness (QED) is 0.399. The Morgan fingerprint density at radius 1 is 1.09 bits per heavy atom. The normalized spacial score (nSPS) is 15.0. The van der Waals surface area contributed by atoms with Gasteiger partial charge in [0.25, 0.3) is 5.69 Å². The maximum absolute atomic E-state index is 13.4. The van der Waals surface area contributed by atoms with Gasteiger partial charge in [0, 0.05) is 39.8 Å². The van der Waals surface area contributed by atoms with E-state index in [0.717, 1.165) is 32.1 Å². The van der Waals surface area contributed by atoms with Crippen LogP contribution >= 0.6 is 23.2 Å². The molecule has 33 heavy (non-hydrogen) atoms. The molecule has 0 aliphatic heterocycles. The third-order valence-electron chi connectivity index (χ3n) is 6.04. The number of amides is 2. The van der Waals surface area contributed by atoms with E-state index in [2.05, 4.69) is 5.32 Å². The minimum absolute atomic E-state index is 0.0111. The van der Waals surface area contributed by atoms with Gasteiger partial charge in [-0.15, -0.1) is 0 Å². The number of para-hydroxylation sites is 1. The smallest absolute Gasteiger partial charge is 0.273 e. The first-order valence-electron chi connectivity index (χ1n) is 11.0. The molecule has 0 aromatic heterocycles. The summed E-state index contributed by atoms with van der Waals surface area (Å²) in [6.45, 7) is 1.66. The highest BCUT2D eigenvalue weighted by Gasteiger charge is 2.30. The van der Waals surface area contributed by atoms with Crippen molar-refractivity contribution in [2.24, 2.45) is 0 Å². The van der Waals surface area contributed by atoms with Gasteiger partial charge < -0.3 is 10.2 Å². The predicted octanol–water partition coefficient (Wildman–Crippen LogP) is 5.31. The summed E-state index contributed by atoms with van der Waals surface area (Å²) in [4.78, 5) is 38.7. The molecule has 1 saturated carbocycles. The Kier molecular flexibility index (Phi) is 8.69. The van der Waals surface area contributed by atoms with E-state index in [4.69, 9.17) is 23.2 Å². The van der Waals surface area contributed by atoms with Crippen LogP contribution in [0.25, 0.3) is 0 Å². The molecular weight excluding hydrogens is 465 g/mol. The van der Waals surface area contributed by atoms with Crippen LogP contribution in [-0.4, -0.2) is 33.7 Å². The molecule has 1 fully saturated rings. The van der Waals surface area contributed by atoms with Crippen molar-refractivity contribution in [2.45, 2.75) is 64.1 Å². The molecule has 3 rings (SSSR count). The molecule has 2 aromatic rings. The van der Waals surface area contributed by atoms with Crippen molar-refractivity contribution < 1.29 is 14.5 Å². The molecule has 0 spiro atoms. The number of rotatable bonds is 8. The molecule has 2 aromatic carbocycles. The summed E-state index contributed by atoms with van der Waals surface area (Å²) >= 11 is 12.7. The lowest BCUT2D eigenvalue weighted by Gasteiger charge is -2.31. The summed E-state index contributed by atoms with van der Waals surface area (Å²) in [6, 6.07) is 10.4. The first kappa shape index (κ1) is 25.0. The van der Waals surface area contributed by atoms with Crippen molar-refractivity contribution >= 4 is 40.7 Å². The van der Waals surface area contributed by atoms with Gasteiger partial charge in [-0.1, -0.05) is 66.7 Å². The van der Waals surface area contributed by atoms with Gasteiger partial charge in [-0.25, -0.2) is 0 Å². The van der Waals surface area contributed by atoms with Crippen molar-refractivity contribution in [1.29, 1.82) is 0 Å². The van der Waals surface area contributed by atoms with Crippen LogP contribution in [0.4, 0.5) is 5.69 Å². The topological polar surface area (TPSA) is 92.6 Å². The highest BCUT2D eigenvalue weighted by Crippen LogP contribution is 2.28. The van der Waals surface area contributed by atoms with Crippen LogP contribution in [0.1, 0.15) is 50.2 Å². The SMILES string of the molecule is CC(C(=O)NC1CCCCC1)N(Cc1c(Cl)cccc1Cl)C(=O)Cc1ccccc1[N+](=O)[O-]. The van der Waals surface area contributed by atoms with Gasteiger partial charge in [-0.05, 0) is 31.9 Å². The molecule has 0 heterocycles. The maximum Gasteiger partial charge on any atom is 0.273 e. The van der Waals surface area contributed by atoms with Crippen molar-refractivity contribution in [3.8, 4) is 0 Å². The van der Waals surface area contributed by atoms with E-state index in [0.29, 0.717) is 15.6 Å². The molecular formula is C24H27Cl2N3O4. The summed E-state index contributed by atoms with van der Waals surface area (Å²) in [7, 11) is 0. The molecule has 0 bridgehead atoms.